The van der Waals surface area contributed by atoms with Crippen molar-refractivity contribution in [1.29, 1.82) is 0 Å². The van der Waals surface area contributed by atoms with Crippen LogP contribution in [-0.4, -0.2) is 43.0 Å². The zero-order chi connectivity index (χ0) is 21.2. The van der Waals surface area contributed by atoms with Crippen molar-refractivity contribution in [2.75, 3.05) is 20.3 Å². The van der Waals surface area contributed by atoms with Gasteiger partial charge in [-0.2, -0.15) is 0 Å². The van der Waals surface area contributed by atoms with E-state index in [1.54, 1.807) is 13.0 Å². The Morgan fingerprint density at radius 1 is 1.31 bits per heavy atom. The Morgan fingerprint density at radius 2 is 2.03 bits per heavy atom. The Balaban J connectivity index is 2.45. The van der Waals surface area contributed by atoms with Crippen LogP contribution in [0.3, 0.4) is 0 Å². The van der Waals surface area contributed by atoms with Gasteiger partial charge in [0.2, 0.25) is 0 Å². The van der Waals surface area contributed by atoms with Crippen LogP contribution in [0.2, 0.25) is 5.02 Å². The summed E-state index contributed by atoms with van der Waals surface area (Å²) in [6.45, 7) is 1.71. The number of carbonyl (C=O) groups is 2. The smallest absolute Gasteiger partial charge is 0.338 e. The van der Waals surface area contributed by atoms with Crippen molar-refractivity contribution >= 4 is 29.2 Å². The fraction of sp³-hybridized carbons (Fsp3) is 0.381. The molecule has 1 heterocycles. The summed E-state index contributed by atoms with van der Waals surface area (Å²) >= 11 is 6.32. The lowest BCUT2D eigenvalue weighted by Gasteiger charge is -2.15. The number of aryl methyl sites for hydroxylation is 1. The number of carbonyl (C=O) groups excluding carboxylic acids is 2. The van der Waals surface area contributed by atoms with Gasteiger partial charge in [-0.15, -0.1) is 0 Å². The highest BCUT2D eigenvalue weighted by atomic mass is 35.5. The lowest BCUT2D eigenvalue weighted by atomic mass is 9.96. The molecule has 156 valence electrons. The van der Waals surface area contributed by atoms with Crippen LogP contribution in [-0.2, 0) is 20.8 Å². The number of phenols is 1. The van der Waals surface area contributed by atoms with Gasteiger partial charge in [0.05, 0.1) is 22.9 Å². The third kappa shape index (κ3) is 6.64. The number of rotatable bonds is 3. The topological polar surface area (TPSA) is 97.2 Å². The normalized spacial score (nSPS) is 18.9. The molecule has 8 heteroatoms. The summed E-state index contributed by atoms with van der Waals surface area (Å²) in [7, 11) is 1.50. The average molecular weight is 421 g/mol. The number of cyclic esters (lactones) is 1. The maximum atomic E-state index is 12.7. The van der Waals surface area contributed by atoms with Crippen LogP contribution in [0.4, 0.5) is 0 Å². The first-order chi connectivity index (χ1) is 13.9. The van der Waals surface area contributed by atoms with E-state index in [4.69, 9.17) is 21.2 Å². The van der Waals surface area contributed by atoms with E-state index in [9.17, 15) is 14.7 Å². The fourth-order valence-corrected chi connectivity index (χ4v) is 3.00. The monoisotopic (exact) mass is 420 g/mol. The molecule has 1 aliphatic heterocycles. The second kappa shape index (κ2) is 11.3. The first-order valence-electron chi connectivity index (χ1n) is 9.33. The highest BCUT2D eigenvalue weighted by Crippen LogP contribution is 2.33. The van der Waals surface area contributed by atoms with E-state index in [1.165, 1.54) is 13.1 Å². The summed E-state index contributed by atoms with van der Waals surface area (Å²) < 4.78 is 5.38. The molecular formula is C21H25ClN2O5. The number of halogens is 1. The van der Waals surface area contributed by atoms with E-state index in [-0.39, 0.29) is 36.3 Å². The maximum Gasteiger partial charge on any atom is 0.338 e. The van der Waals surface area contributed by atoms with E-state index in [0.717, 1.165) is 12.8 Å². The molecule has 1 aromatic rings. The van der Waals surface area contributed by atoms with Gasteiger partial charge in [-0.3, -0.25) is 4.79 Å². The van der Waals surface area contributed by atoms with Crippen LogP contribution in [0.15, 0.2) is 35.5 Å². The first kappa shape index (κ1) is 22.5. The molecule has 0 spiro atoms. The predicted molar refractivity (Wildman–Crippen MR) is 111 cm³/mol. The van der Waals surface area contributed by atoms with Gasteiger partial charge in [-0.25, -0.2) is 4.79 Å². The Hall–Kier alpha value is -2.80. The zero-order valence-corrected chi connectivity index (χ0v) is 17.3. The molecule has 0 aromatic heterocycles. The number of likely N-dealkylation sites (N-methyl/N-ethyl adjacent to an activating group) is 1. The maximum absolute atomic E-state index is 12.7. The molecule has 1 aromatic carbocycles. The van der Waals surface area contributed by atoms with Crippen molar-refractivity contribution < 1.29 is 24.3 Å². The minimum Gasteiger partial charge on any atom is -0.506 e. The Labute approximate surface area is 175 Å². The minimum atomic E-state index is -0.514. The van der Waals surface area contributed by atoms with E-state index in [1.807, 2.05) is 18.2 Å². The molecule has 0 aliphatic carbocycles. The summed E-state index contributed by atoms with van der Waals surface area (Å²) in [5.74, 6) is -0.964. The SMILES string of the molecule is CNC(=O)CO/N=C1\C=C\CC/C=C/CCOC(=O)c2c(C)cc(O)c(Cl)c2C1. The fourth-order valence-electron chi connectivity index (χ4n) is 2.78. The summed E-state index contributed by atoms with van der Waals surface area (Å²) in [6, 6.07) is 1.43. The Kier molecular flexibility index (Phi) is 8.73. The lowest BCUT2D eigenvalue weighted by molar-refractivity contribution is -0.125. The van der Waals surface area contributed by atoms with Gasteiger partial charge in [-0.1, -0.05) is 35.0 Å². The summed E-state index contributed by atoms with van der Waals surface area (Å²) in [5, 5.41) is 16.7. The average Bonchev–Trinajstić information content (AvgIpc) is 2.69. The van der Waals surface area contributed by atoms with Crippen LogP contribution in [0.5, 0.6) is 5.75 Å². The third-order valence-electron chi connectivity index (χ3n) is 4.25. The number of fused-ring (bicyclic) bond motifs is 1. The molecule has 2 rings (SSSR count). The van der Waals surface area contributed by atoms with E-state index in [2.05, 4.69) is 10.5 Å². The molecule has 1 aliphatic rings. The van der Waals surface area contributed by atoms with Crippen LogP contribution < -0.4 is 5.32 Å². The second-order valence-corrected chi connectivity index (χ2v) is 6.84. The highest BCUT2D eigenvalue weighted by molar-refractivity contribution is 6.33. The Morgan fingerprint density at radius 3 is 2.79 bits per heavy atom. The molecule has 0 unspecified atom stereocenters. The van der Waals surface area contributed by atoms with Crippen molar-refractivity contribution in [3.8, 4) is 5.75 Å². The van der Waals surface area contributed by atoms with Gasteiger partial charge in [0, 0.05) is 13.5 Å². The zero-order valence-electron chi connectivity index (χ0n) is 16.5. The van der Waals surface area contributed by atoms with Crippen molar-refractivity contribution in [3.63, 3.8) is 0 Å². The van der Waals surface area contributed by atoms with E-state index in [0.29, 0.717) is 28.8 Å². The highest BCUT2D eigenvalue weighted by Gasteiger charge is 2.22. The number of esters is 1. The first-order valence-corrected chi connectivity index (χ1v) is 9.70. The number of amides is 1. The molecular weight excluding hydrogens is 396 g/mol. The van der Waals surface area contributed by atoms with E-state index < -0.39 is 5.97 Å². The van der Waals surface area contributed by atoms with Crippen molar-refractivity contribution in [2.24, 2.45) is 5.16 Å². The number of hydrogen-bond donors (Lipinski definition) is 2. The molecule has 29 heavy (non-hydrogen) atoms. The van der Waals surface area contributed by atoms with Crippen LogP contribution >= 0.6 is 11.6 Å². The molecule has 0 radical (unpaired) electrons. The quantitative estimate of drug-likeness (QED) is 0.443. The third-order valence-corrected chi connectivity index (χ3v) is 4.67. The van der Waals surface area contributed by atoms with Crippen LogP contribution in [0, 0.1) is 6.92 Å². The molecule has 0 fully saturated rings. The largest absolute Gasteiger partial charge is 0.506 e. The number of allylic oxidation sites excluding steroid dienone is 3. The predicted octanol–water partition coefficient (Wildman–Crippen LogP) is 3.47. The minimum absolute atomic E-state index is 0.0574. The summed E-state index contributed by atoms with van der Waals surface area (Å²) in [6.07, 6.45) is 10.0. The lowest BCUT2D eigenvalue weighted by Crippen LogP contribution is -2.22. The van der Waals surface area contributed by atoms with Gasteiger partial charge < -0.3 is 20.0 Å². The van der Waals surface area contributed by atoms with Crippen LogP contribution in [0.25, 0.3) is 0 Å². The number of phenolic OH excluding ortho intramolecular Hbond substituents is 1. The number of nitrogens with zero attached hydrogens (tertiary/aromatic N) is 1. The molecule has 2 N–H and O–H groups in total. The number of aromatic hydroxyl groups is 1. The Bertz CT molecular complexity index is 846. The van der Waals surface area contributed by atoms with Gasteiger partial charge in [-0.05, 0) is 49.5 Å². The van der Waals surface area contributed by atoms with Gasteiger partial charge in [0.15, 0.2) is 6.61 Å². The second-order valence-electron chi connectivity index (χ2n) is 6.46. The molecule has 0 bridgehead atoms. The molecule has 7 nitrogen and oxygen atoms in total. The molecule has 0 saturated carbocycles. The van der Waals surface area contributed by atoms with Gasteiger partial charge in [0.25, 0.3) is 5.91 Å². The standard InChI is InChI=1S/C21H25ClN2O5/c1-14-11-17(25)20(22)16-12-15(24-29-13-18(26)23-2)9-7-5-3-4-6-8-10-28-21(27)19(14)16/h4,6-7,9,11,25H,3,5,8,10,12-13H2,1-2H3,(H,23,26)/b6-4+,9-7+,24-15+. The molecule has 0 atom stereocenters. The number of hydrogen-bond acceptors (Lipinski definition) is 6. The molecule has 0 saturated heterocycles. The van der Waals surface area contributed by atoms with E-state index >= 15 is 0 Å². The number of nitrogens with one attached hydrogen (secondary N) is 1. The van der Waals surface area contributed by atoms with Gasteiger partial charge in [0.1, 0.15) is 5.75 Å². The number of oxime groups is 1. The number of ether oxygens (including phenoxy) is 1. The summed E-state index contributed by atoms with van der Waals surface area (Å²) in [5.41, 5.74) is 1.69. The van der Waals surface area contributed by atoms with Gasteiger partial charge >= 0.3 is 5.97 Å². The molecule has 1 amide bonds. The summed E-state index contributed by atoms with van der Waals surface area (Å²) in [4.78, 5) is 29.2. The van der Waals surface area contributed by atoms with Crippen LogP contribution in [0.1, 0.15) is 40.7 Å². The van der Waals surface area contributed by atoms with Crippen molar-refractivity contribution in [1.82, 2.24) is 5.32 Å². The number of benzene rings is 1. The van der Waals surface area contributed by atoms with Crippen molar-refractivity contribution in [2.45, 2.75) is 32.6 Å². The van der Waals surface area contributed by atoms with Crippen molar-refractivity contribution in [3.05, 3.63) is 52.1 Å².